The highest BCUT2D eigenvalue weighted by atomic mass is 19.4. The number of ether oxygens (including phenoxy) is 1. The Labute approximate surface area is 153 Å². The number of pyridine rings is 1. The summed E-state index contributed by atoms with van der Waals surface area (Å²) >= 11 is 0. The van der Waals surface area contributed by atoms with Crippen LogP contribution in [0, 0.1) is 11.6 Å². The number of hydrogen-bond donors (Lipinski definition) is 0. The number of aromatic nitrogens is 1. The summed E-state index contributed by atoms with van der Waals surface area (Å²) in [7, 11) is 0. The predicted molar refractivity (Wildman–Crippen MR) is 89.6 cm³/mol. The van der Waals surface area contributed by atoms with Crippen LogP contribution in [0.25, 0.3) is 11.3 Å². The summed E-state index contributed by atoms with van der Waals surface area (Å²) in [5.74, 6) is -5.42. The Morgan fingerprint density at radius 3 is 2.52 bits per heavy atom. The number of unbranched alkanes of at least 4 members (excludes halogenated alkanes) is 3. The van der Waals surface area contributed by atoms with E-state index in [1.165, 1.54) is 18.3 Å². The highest BCUT2D eigenvalue weighted by Gasteiger charge is 2.43. The lowest BCUT2D eigenvalue weighted by atomic mass is 10.0. The minimum absolute atomic E-state index is 0.0604. The van der Waals surface area contributed by atoms with Gasteiger partial charge in [0.2, 0.25) is 0 Å². The number of benzene rings is 1. The lowest BCUT2D eigenvalue weighted by Crippen LogP contribution is -2.25. The van der Waals surface area contributed by atoms with E-state index in [1.807, 2.05) is 0 Å². The summed E-state index contributed by atoms with van der Waals surface area (Å²) in [6, 6.07) is 4.40. The fourth-order valence-corrected chi connectivity index (χ4v) is 2.47. The Morgan fingerprint density at radius 1 is 1.11 bits per heavy atom. The van der Waals surface area contributed by atoms with Crippen LogP contribution in [0.15, 0.2) is 30.5 Å². The second-order valence-electron chi connectivity index (χ2n) is 5.90. The van der Waals surface area contributed by atoms with Gasteiger partial charge >= 0.3 is 6.18 Å². The van der Waals surface area contributed by atoms with Gasteiger partial charge in [-0.15, -0.1) is 0 Å². The summed E-state index contributed by atoms with van der Waals surface area (Å²) in [4.78, 5) is 15.2. The summed E-state index contributed by atoms with van der Waals surface area (Å²) in [6.45, 7) is 2.50. The molecule has 0 saturated carbocycles. The number of carbonyl (C=O) groups is 1. The highest BCUT2D eigenvalue weighted by molar-refractivity contribution is 6.01. The van der Waals surface area contributed by atoms with Gasteiger partial charge in [-0.25, -0.2) is 8.78 Å². The Kier molecular flexibility index (Phi) is 6.87. The molecule has 0 aliphatic heterocycles. The Morgan fingerprint density at radius 2 is 1.85 bits per heavy atom. The summed E-state index contributed by atoms with van der Waals surface area (Å²) < 4.78 is 71.5. The Hall–Kier alpha value is -2.51. The molecule has 0 saturated heterocycles. The van der Waals surface area contributed by atoms with Crippen molar-refractivity contribution in [3.05, 3.63) is 47.7 Å². The number of nitrogens with zero attached hydrogens (tertiary/aromatic N) is 1. The van der Waals surface area contributed by atoms with Crippen molar-refractivity contribution in [2.24, 2.45) is 0 Å². The van der Waals surface area contributed by atoms with Gasteiger partial charge in [-0.3, -0.25) is 9.78 Å². The number of ketones is 1. The zero-order valence-electron chi connectivity index (χ0n) is 14.6. The second-order valence-corrected chi connectivity index (χ2v) is 5.90. The van der Waals surface area contributed by atoms with Gasteiger partial charge < -0.3 is 4.74 Å². The van der Waals surface area contributed by atoms with Crippen LogP contribution in [0.5, 0.6) is 5.75 Å². The van der Waals surface area contributed by atoms with E-state index in [-0.39, 0.29) is 5.69 Å². The van der Waals surface area contributed by atoms with Gasteiger partial charge in [-0.05, 0) is 24.6 Å². The number of rotatable bonds is 8. The molecule has 3 nitrogen and oxygen atoms in total. The van der Waals surface area contributed by atoms with Gasteiger partial charge in [-0.1, -0.05) is 26.2 Å². The third-order valence-corrected chi connectivity index (χ3v) is 3.85. The molecule has 0 aliphatic carbocycles. The molecule has 0 amide bonds. The molecule has 0 bridgehead atoms. The molecule has 2 rings (SSSR count). The normalized spacial score (nSPS) is 11.5. The molecule has 27 heavy (non-hydrogen) atoms. The first-order chi connectivity index (χ1) is 12.8. The van der Waals surface area contributed by atoms with E-state index >= 15 is 0 Å². The fourth-order valence-electron chi connectivity index (χ4n) is 2.47. The quantitative estimate of drug-likeness (QED) is 0.330. The highest BCUT2D eigenvalue weighted by Crippen LogP contribution is 2.31. The van der Waals surface area contributed by atoms with Gasteiger partial charge in [0, 0.05) is 17.8 Å². The molecule has 0 fully saturated rings. The van der Waals surface area contributed by atoms with Gasteiger partial charge in [0.05, 0.1) is 17.9 Å². The van der Waals surface area contributed by atoms with Crippen LogP contribution in [0.3, 0.4) is 0 Å². The van der Waals surface area contributed by atoms with Crippen molar-refractivity contribution in [2.75, 3.05) is 6.61 Å². The molecule has 146 valence electrons. The SMILES string of the molecule is CCCCCCOc1ccnc(-c2ccc(F)c(C(=O)C(F)(F)F)c2F)c1. The largest absolute Gasteiger partial charge is 0.493 e. The fraction of sp³-hybridized carbons (Fsp3) is 0.368. The van der Waals surface area contributed by atoms with Crippen molar-refractivity contribution < 1.29 is 31.5 Å². The van der Waals surface area contributed by atoms with Crippen molar-refractivity contribution in [1.29, 1.82) is 0 Å². The minimum Gasteiger partial charge on any atom is -0.493 e. The number of halogens is 5. The number of alkyl halides is 3. The molecular weight excluding hydrogens is 369 g/mol. The van der Waals surface area contributed by atoms with Crippen molar-refractivity contribution in [3.8, 4) is 17.0 Å². The maximum Gasteiger partial charge on any atom is 0.455 e. The minimum atomic E-state index is -5.39. The van der Waals surface area contributed by atoms with Gasteiger partial charge in [0.1, 0.15) is 17.4 Å². The lowest BCUT2D eigenvalue weighted by molar-refractivity contribution is -0.0890. The monoisotopic (exact) mass is 387 g/mol. The van der Waals surface area contributed by atoms with E-state index in [9.17, 15) is 26.7 Å². The van der Waals surface area contributed by atoms with Crippen LogP contribution in [0.2, 0.25) is 0 Å². The molecule has 0 unspecified atom stereocenters. The van der Waals surface area contributed by atoms with E-state index in [0.29, 0.717) is 18.4 Å². The zero-order valence-corrected chi connectivity index (χ0v) is 14.6. The van der Waals surface area contributed by atoms with Crippen molar-refractivity contribution in [3.63, 3.8) is 0 Å². The van der Waals surface area contributed by atoms with Crippen LogP contribution in [0.1, 0.15) is 43.0 Å². The second kappa shape index (κ2) is 8.92. The maximum atomic E-state index is 14.5. The first-order valence-corrected chi connectivity index (χ1v) is 8.44. The number of hydrogen-bond acceptors (Lipinski definition) is 3. The van der Waals surface area contributed by atoms with E-state index in [2.05, 4.69) is 11.9 Å². The molecular formula is C19H18F5NO2. The molecule has 0 atom stereocenters. The van der Waals surface area contributed by atoms with Crippen molar-refractivity contribution in [2.45, 2.75) is 38.8 Å². The molecule has 1 aromatic heterocycles. The maximum absolute atomic E-state index is 14.5. The molecule has 0 N–H and O–H groups in total. The lowest BCUT2D eigenvalue weighted by Gasteiger charge is -2.11. The smallest absolute Gasteiger partial charge is 0.455 e. The van der Waals surface area contributed by atoms with Crippen LogP contribution >= 0.6 is 0 Å². The topological polar surface area (TPSA) is 39.2 Å². The van der Waals surface area contributed by atoms with Crippen molar-refractivity contribution >= 4 is 5.78 Å². The predicted octanol–water partition coefficient (Wildman–Crippen LogP) is 5.73. The van der Waals surface area contributed by atoms with Crippen LogP contribution in [0.4, 0.5) is 22.0 Å². The van der Waals surface area contributed by atoms with Crippen LogP contribution in [-0.4, -0.2) is 23.6 Å². The molecule has 1 aromatic carbocycles. The Bertz CT molecular complexity index is 805. The van der Waals surface area contributed by atoms with Gasteiger partial charge in [0.15, 0.2) is 0 Å². The summed E-state index contributed by atoms with van der Waals surface area (Å²) in [5, 5.41) is 0. The molecule has 1 heterocycles. The first kappa shape index (κ1) is 20.8. The van der Waals surface area contributed by atoms with E-state index in [4.69, 9.17) is 4.74 Å². The molecule has 2 aromatic rings. The average Bonchev–Trinajstić information content (AvgIpc) is 2.61. The van der Waals surface area contributed by atoms with Gasteiger partial charge in [-0.2, -0.15) is 13.2 Å². The third-order valence-electron chi connectivity index (χ3n) is 3.85. The van der Waals surface area contributed by atoms with E-state index < -0.39 is 34.7 Å². The van der Waals surface area contributed by atoms with Crippen molar-refractivity contribution in [1.82, 2.24) is 4.98 Å². The number of carbonyl (C=O) groups excluding carboxylic acids is 1. The molecule has 8 heteroatoms. The van der Waals surface area contributed by atoms with E-state index in [1.54, 1.807) is 0 Å². The first-order valence-electron chi connectivity index (χ1n) is 8.44. The van der Waals surface area contributed by atoms with Crippen LogP contribution in [-0.2, 0) is 0 Å². The zero-order chi connectivity index (χ0) is 20.0. The molecule has 0 spiro atoms. The standard InChI is InChI=1S/C19H18F5NO2/c1-2-3-4-5-10-27-12-8-9-25-15(11-12)13-6-7-14(20)16(17(13)21)18(26)19(22,23)24/h6-9,11H,2-5,10H2,1H3. The Balaban J connectivity index is 2.28. The summed E-state index contributed by atoms with van der Waals surface area (Å²) in [5.41, 5.74) is -2.12. The molecule has 0 aliphatic rings. The summed E-state index contributed by atoms with van der Waals surface area (Å²) in [6.07, 6.45) is -0.142. The van der Waals surface area contributed by atoms with Crippen LogP contribution < -0.4 is 4.74 Å². The molecule has 0 radical (unpaired) electrons. The van der Waals surface area contributed by atoms with Gasteiger partial charge in [0.25, 0.3) is 5.78 Å². The van der Waals surface area contributed by atoms with E-state index in [0.717, 1.165) is 31.7 Å². The third kappa shape index (κ3) is 5.24. The average molecular weight is 387 g/mol. The number of Topliss-reactive ketones (excluding diaryl/α,β-unsaturated/α-hetero) is 1.